The number of aromatic amines is 1. The number of aromatic nitrogens is 2. The lowest BCUT2D eigenvalue weighted by atomic mass is 10.0. The second-order valence-electron chi connectivity index (χ2n) is 3.61. The molecule has 0 radical (unpaired) electrons. The highest BCUT2D eigenvalue weighted by molar-refractivity contribution is 7.71. The van der Waals surface area contributed by atoms with Crippen molar-refractivity contribution in [2.75, 3.05) is 0 Å². The maximum Gasteiger partial charge on any atom is 0.113 e. The van der Waals surface area contributed by atoms with Crippen molar-refractivity contribution < 1.29 is 0 Å². The number of H-pyrrole nitrogens is 1. The van der Waals surface area contributed by atoms with Crippen molar-refractivity contribution in [2.45, 2.75) is 13.8 Å². The average Bonchev–Trinajstić information content (AvgIpc) is 2.20. The predicted molar refractivity (Wildman–Crippen MR) is 64.3 cm³/mol. The molecule has 76 valence electrons. The van der Waals surface area contributed by atoms with Gasteiger partial charge in [-0.05, 0) is 25.0 Å². The van der Waals surface area contributed by atoms with E-state index in [2.05, 4.69) is 42.0 Å². The molecule has 2 aromatic rings. The molecule has 2 nitrogen and oxygen atoms in total. The fraction of sp³-hybridized carbons (Fsp3) is 0.167. The van der Waals surface area contributed by atoms with Crippen molar-refractivity contribution in [3.05, 3.63) is 46.5 Å². The van der Waals surface area contributed by atoms with E-state index in [0.717, 1.165) is 15.8 Å². The molecule has 0 unspecified atom stereocenters. The van der Waals surface area contributed by atoms with E-state index in [9.17, 15) is 0 Å². The standard InChI is InChI=1S/C12H12N2S/c1-8-3-4-10(9(2)5-8)11-6-13-7-14-12(11)15/h3-7H,1-2H3,(H,13,14,15). The first-order valence-corrected chi connectivity index (χ1v) is 5.19. The van der Waals surface area contributed by atoms with Gasteiger partial charge in [-0.3, -0.25) is 0 Å². The molecule has 0 fully saturated rings. The molecule has 1 heterocycles. The topological polar surface area (TPSA) is 28.7 Å². The van der Waals surface area contributed by atoms with Gasteiger partial charge < -0.3 is 4.98 Å². The van der Waals surface area contributed by atoms with Crippen LogP contribution < -0.4 is 0 Å². The quantitative estimate of drug-likeness (QED) is 0.740. The molecule has 0 aliphatic heterocycles. The van der Waals surface area contributed by atoms with Gasteiger partial charge >= 0.3 is 0 Å². The Bertz CT molecular complexity index is 543. The van der Waals surface area contributed by atoms with Crippen molar-refractivity contribution >= 4 is 12.2 Å². The first kappa shape index (κ1) is 10.1. The highest BCUT2D eigenvalue weighted by atomic mass is 32.1. The summed E-state index contributed by atoms with van der Waals surface area (Å²) in [5, 5.41) is 0. The summed E-state index contributed by atoms with van der Waals surface area (Å²) in [4.78, 5) is 7.01. The molecular weight excluding hydrogens is 204 g/mol. The van der Waals surface area contributed by atoms with Crippen LogP contribution in [0.4, 0.5) is 0 Å². The number of hydrogen-bond donors (Lipinski definition) is 1. The van der Waals surface area contributed by atoms with Crippen LogP contribution in [0, 0.1) is 18.5 Å². The molecule has 1 aromatic carbocycles. The van der Waals surface area contributed by atoms with Gasteiger partial charge in [0.05, 0.1) is 6.33 Å². The molecule has 0 saturated carbocycles. The second-order valence-corrected chi connectivity index (χ2v) is 4.02. The Labute approximate surface area is 94.0 Å². The third-order valence-electron chi connectivity index (χ3n) is 2.39. The smallest absolute Gasteiger partial charge is 0.113 e. The van der Waals surface area contributed by atoms with Crippen LogP contribution in [0.2, 0.25) is 0 Å². The fourth-order valence-corrected chi connectivity index (χ4v) is 1.87. The summed E-state index contributed by atoms with van der Waals surface area (Å²) in [6.07, 6.45) is 3.41. The van der Waals surface area contributed by atoms with Gasteiger partial charge in [-0.15, -0.1) is 0 Å². The summed E-state index contributed by atoms with van der Waals surface area (Å²) in [6, 6.07) is 6.33. The molecule has 15 heavy (non-hydrogen) atoms. The lowest BCUT2D eigenvalue weighted by Gasteiger charge is -2.06. The number of benzene rings is 1. The predicted octanol–water partition coefficient (Wildman–Crippen LogP) is 3.42. The maximum absolute atomic E-state index is 5.23. The van der Waals surface area contributed by atoms with Crippen molar-refractivity contribution in [1.82, 2.24) is 9.97 Å². The minimum Gasteiger partial charge on any atom is -0.337 e. The summed E-state index contributed by atoms with van der Waals surface area (Å²) < 4.78 is 0.733. The Morgan fingerprint density at radius 3 is 2.67 bits per heavy atom. The lowest BCUT2D eigenvalue weighted by molar-refractivity contribution is 1.15. The van der Waals surface area contributed by atoms with Crippen molar-refractivity contribution in [2.24, 2.45) is 0 Å². The molecule has 0 atom stereocenters. The Morgan fingerprint density at radius 2 is 2.00 bits per heavy atom. The van der Waals surface area contributed by atoms with Gasteiger partial charge in [-0.2, -0.15) is 0 Å². The largest absolute Gasteiger partial charge is 0.337 e. The summed E-state index contributed by atoms with van der Waals surface area (Å²) in [5.74, 6) is 0. The van der Waals surface area contributed by atoms with Crippen LogP contribution in [-0.4, -0.2) is 9.97 Å². The molecule has 0 spiro atoms. The first-order chi connectivity index (χ1) is 7.18. The van der Waals surface area contributed by atoms with Crippen LogP contribution in [0.1, 0.15) is 11.1 Å². The van der Waals surface area contributed by atoms with E-state index >= 15 is 0 Å². The Morgan fingerprint density at radius 1 is 1.20 bits per heavy atom. The third kappa shape index (κ3) is 1.97. The number of hydrogen-bond acceptors (Lipinski definition) is 2. The molecular formula is C12H12N2S. The molecule has 0 bridgehead atoms. The summed E-state index contributed by atoms with van der Waals surface area (Å²) in [5.41, 5.74) is 4.62. The second kappa shape index (κ2) is 3.95. The van der Waals surface area contributed by atoms with E-state index in [-0.39, 0.29) is 0 Å². The van der Waals surface area contributed by atoms with Gasteiger partial charge in [0.2, 0.25) is 0 Å². The van der Waals surface area contributed by atoms with Gasteiger partial charge in [0, 0.05) is 11.8 Å². The van der Waals surface area contributed by atoms with Crippen LogP contribution in [0.25, 0.3) is 11.1 Å². The average molecular weight is 216 g/mol. The number of aryl methyl sites for hydroxylation is 2. The maximum atomic E-state index is 5.23. The van der Waals surface area contributed by atoms with Gasteiger partial charge in [0.1, 0.15) is 4.64 Å². The molecule has 1 N–H and O–H groups in total. The minimum absolute atomic E-state index is 0.733. The molecule has 1 aromatic heterocycles. The normalized spacial score (nSPS) is 10.3. The minimum atomic E-state index is 0.733. The number of rotatable bonds is 1. The van der Waals surface area contributed by atoms with Crippen LogP contribution in [0.15, 0.2) is 30.7 Å². The van der Waals surface area contributed by atoms with Crippen LogP contribution in [0.5, 0.6) is 0 Å². The zero-order valence-corrected chi connectivity index (χ0v) is 9.56. The fourth-order valence-electron chi connectivity index (χ4n) is 1.65. The van der Waals surface area contributed by atoms with Crippen molar-refractivity contribution in [3.8, 4) is 11.1 Å². The molecule has 0 aliphatic rings. The third-order valence-corrected chi connectivity index (χ3v) is 2.73. The van der Waals surface area contributed by atoms with E-state index in [1.165, 1.54) is 11.1 Å². The summed E-state index contributed by atoms with van der Waals surface area (Å²) in [6.45, 7) is 4.17. The van der Waals surface area contributed by atoms with Gasteiger partial charge in [0.25, 0.3) is 0 Å². The van der Waals surface area contributed by atoms with Crippen molar-refractivity contribution in [3.63, 3.8) is 0 Å². The van der Waals surface area contributed by atoms with Crippen LogP contribution in [0.3, 0.4) is 0 Å². The Hall–Kier alpha value is -1.48. The summed E-state index contributed by atoms with van der Waals surface area (Å²) in [7, 11) is 0. The van der Waals surface area contributed by atoms with Gasteiger partial charge in [-0.25, -0.2) is 4.98 Å². The molecule has 0 saturated heterocycles. The number of nitrogens with one attached hydrogen (secondary N) is 1. The Kier molecular flexibility index (Phi) is 2.64. The molecule has 3 heteroatoms. The van der Waals surface area contributed by atoms with E-state index < -0.39 is 0 Å². The highest BCUT2D eigenvalue weighted by Crippen LogP contribution is 2.23. The van der Waals surface area contributed by atoms with Gasteiger partial charge in [0.15, 0.2) is 0 Å². The van der Waals surface area contributed by atoms with Crippen molar-refractivity contribution in [1.29, 1.82) is 0 Å². The van der Waals surface area contributed by atoms with Gasteiger partial charge in [-0.1, -0.05) is 36.0 Å². The zero-order valence-electron chi connectivity index (χ0n) is 8.74. The Balaban J connectivity index is 2.65. The first-order valence-electron chi connectivity index (χ1n) is 4.79. The van der Waals surface area contributed by atoms with E-state index in [4.69, 9.17) is 12.2 Å². The molecule has 2 rings (SSSR count). The van der Waals surface area contributed by atoms with E-state index in [1.807, 2.05) is 0 Å². The number of nitrogens with zero attached hydrogens (tertiary/aromatic N) is 1. The monoisotopic (exact) mass is 216 g/mol. The lowest BCUT2D eigenvalue weighted by Crippen LogP contribution is -1.88. The van der Waals surface area contributed by atoms with Crippen LogP contribution >= 0.6 is 12.2 Å². The zero-order chi connectivity index (χ0) is 10.8. The SMILES string of the molecule is Cc1ccc(-c2cnc[nH]c2=S)c(C)c1. The van der Waals surface area contributed by atoms with Crippen LogP contribution in [-0.2, 0) is 0 Å². The molecule has 0 aliphatic carbocycles. The highest BCUT2D eigenvalue weighted by Gasteiger charge is 2.03. The van der Waals surface area contributed by atoms with E-state index in [0.29, 0.717) is 0 Å². The molecule has 0 amide bonds. The van der Waals surface area contributed by atoms with E-state index in [1.54, 1.807) is 12.5 Å². The summed E-state index contributed by atoms with van der Waals surface area (Å²) >= 11 is 5.23.